The zero-order chi connectivity index (χ0) is 13.7. The Morgan fingerprint density at radius 3 is 3.16 bits per heavy atom. The smallest absolute Gasteiger partial charge is 0.191 e. The maximum absolute atomic E-state index is 8.94. The lowest BCUT2D eigenvalue weighted by molar-refractivity contribution is 0.0761. The van der Waals surface area contributed by atoms with E-state index >= 15 is 0 Å². The van der Waals surface area contributed by atoms with Crippen molar-refractivity contribution in [2.75, 3.05) is 42.7 Å². The second kappa shape index (κ2) is 6.59. The summed E-state index contributed by atoms with van der Waals surface area (Å²) >= 11 is 1.51. The van der Waals surface area contributed by atoms with Crippen LogP contribution in [0, 0.1) is 11.3 Å². The quantitative estimate of drug-likeness (QED) is 0.659. The molecular formula is C12H17N5OS. The predicted octanol–water partition coefficient (Wildman–Crippen LogP) is 1.36. The Morgan fingerprint density at radius 1 is 1.63 bits per heavy atom. The third kappa shape index (κ3) is 3.49. The molecule has 1 fully saturated rings. The first-order chi connectivity index (χ1) is 9.26. The summed E-state index contributed by atoms with van der Waals surface area (Å²) < 4.78 is 5.35. The zero-order valence-electron chi connectivity index (χ0n) is 11.1. The molecule has 1 aromatic rings. The molecular weight excluding hydrogens is 262 g/mol. The van der Waals surface area contributed by atoms with Crippen LogP contribution in [-0.2, 0) is 4.74 Å². The SMILES string of the molecule is CCNc1cc(N2CCOC(C#N)C2)nc(SC)n1. The van der Waals surface area contributed by atoms with Crippen molar-refractivity contribution < 1.29 is 4.74 Å². The van der Waals surface area contributed by atoms with Crippen LogP contribution in [0.1, 0.15) is 6.92 Å². The first-order valence-corrected chi connectivity index (χ1v) is 7.42. The van der Waals surface area contributed by atoms with Gasteiger partial charge in [-0.3, -0.25) is 0 Å². The number of nitrogens with one attached hydrogen (secondary N) is 1. The van der Waals surface area contributed by atoms with Gasteiger partial charge in [0.2, 0.25) is 0 Å². The zero-order valence-corrected chi connectivity index (χ0v) is 11.9. The van der Waals surface area contributed by atoms with Crippen LogP contribution < -0.4 is 10.2 Å². The van der Waals surface area contributed by atoms with Crippen LogP contribution in [0.5, 0.6) is 0 Å². The van der Waals surface area contributed by atoms with Gasteiger partial charge in [0.1, 0.15) is 11.6 Å². The van der Waals surface area contributed by atoms with E-state index in [9.17, 15) is 0 Å². The minimum atomic E-state index is -0.385. The van der Waals surface area contributed by atoms with Crippen molar-refractivity contribution in [1.82, 2.24) is 9.97 Å². The molecule has 6 nitrogen and oxygen atoms in total. The second-order valence-electron chi connectivity index (χ2n) is 4.06. The van der Waals surface area contributed by atoms with Crippen molar-refractivity contribution in [1.29, 1.82) is 5.26 Å². The van der Waals surface area contributed by atoms with Gasteiger partial charge in [0, 0.05) is 19.2 Å². The van der Waals surface area contributed by atoms with Gasteiger partial charge in [-0.1, -0.05) is 11.8 Å². The first-order valence-electron chi connectivity index (χ1n) is 6.20. The summed E-state index contributed by atoms with van der Waals surface area (Å²) in [6, 6.07) is 4.06. The molecule has 102 valence electrons. The van der Waals surface area contributed by atoms with E-state index in [4.69, 9.17) is 10.00 Å². The fourth-order valence-electron chi connectivity index (χ4n) is 1.87. The third-order valence-corrected chi connectivity index (χ3v) is 3.31. The van der Waals surface area contributed by atoms with Crippen LogP contribution in [0.2, 0.25) is 0 Å². The average Bonchev–Trinajstić information content (AvgIpc) is 2.47. The summed E-state index contributed by atoms with van der Waals surface area (Å²) in [5, 5.41) is 12.9. The maximum atomic E-state index is 8.94. The molecule has 0 radical (unpaired) electrons. The summed E-state index contributed by atoms with van der Waals surface area (Å²) in [5.41, 5.74) is 0. The lowest BCUT2D eigenvalue weighted by Gasteiger charge is -2.30. The summed E-state index contributed by atoms with van der Waals surface area (Å²) in [5.74, 6) is 1.66. The fraction of sp³-hybridized carbons (Fsp3) is 0.583. The molecule has 2 heterocycles. The van der Waals surface area contributed by atoms with Gasteiger partial charge in [0.25, 0.3) is 0 Å². The molecule has 0 spiro atoms. The summed E-state index contributed by atoms with van der Waals surface area (Å²) in [7, 11) is 0. The van der Waals surface area contributed by atoms with Crippen molar-refractivity contribution in [3.8, 4) is 6.07 Å². The van der Waals surface area contributed by atoms with Gasteiger partial charge in [0.15, 0.2) is 11.3 Å². The van der Waals surface area contributed by atoms with Gasteiger partial charge in [0.05, 0.1) is 19.2 Å². The molecule has 1 aromatic heterocycles. The van der Waals surface area contributed by atoms with E-state index in [-0.39, 0.29) is 6.10 Å². The number of nitrogens with zero attached hydrogens (tertiary/aromatic N) is 4. The van der Waals surface area contributed by atoms with Crippen molar-refractivity contribution in [2.45, 2.75) is 18.2 Å². The van der Waals surface area contributed by atoms with E-state index in [2.05, 4.69) is 26.3 Å². The highest BCUT2D eigenvalue weighted by Crippen LogP contribution is 2.22. The normalized spacial score (nSPS) is 19.0. The summed E-state index contributed by atoms with van der Waals surface area (Å²) in [6.45, 7) is 4.68. The van der Waals surface area contributed by atoms with Crippen molar-refractivity contribution in [3.63, 3.8) is 0 Å². The number of thioether (sulfide) groups is 1. The van der Waals surface area contributed by atoms with Crippen LogP contribution in [0.4, 0.5) is 11.6 Å². The van der Waals surface area contributed by atoms with Crippen molar-refractivity contribution in [2.24, 2.45) is 0 Å². The molecule has 0 aromatic carbocycles. The van der Waals surface area contributed by atoms with Gasteiger partial charge >= 0.3 is 0 Å². The topological polar surface area (TPSA) is 74.1 Å². The van der Waals surface area contributed by atoms with Gasteiger partial charge in [-0.15, -0.1) is 0 Å². The minimum absolute atomic E-state index is 0.385. The number of aromatic nitrogens is 2. The molecule has 0 aliphatic carbocycles. The number of anilines is 2. The van der Waals surface area contributed by atoms with Gasteiger partial charge in [-0.05, 0) is 13.2 Å². The Morgan fingerprint density at radius 2 is 2.47 bits per heavy atom. The van der Waals surface area contributed by atoms with Gasteiger partial charge < -0.3 is 15.0 Å². The van der Waals surface area contributed by atoms with Gasteiger partial charge in [-0.25, -0.2) is 9.97 Å². The van der Waals surface area contributed by atoms with E-state index in [0.717, 1.165) is 29.9 Å². The Kier molecular flexibility index (Phi) is 4.82. The monoisotopic (exact) mass is 279 g/mol. The van der Waals surface area contributed by atoms with E-state index < -0.39 is 0 Å². The Bertz CT molecular complexity index is 476. The number of ether oxygens (including phenoxy) is 1. The summed E-state index contributed by atoms with van der Waals surface area (Å²) in [4.78, 5) is 11.0. The molecule has 7 heteroatoms. The molecule has 1 aliphatic heterocycles. The molecule has 19 heavy (non-hydrogen) atoms. The molecule has 1 N–H and O–H groups in total. The lowest BCUT2D eigenvalue weighted by atomic mass is 10.3. The van der Waals surface area contributed by atoms with E-state index in [0.29, 0.717) is 13.2 Å². The van der Waals surface area contributed by atoms with E-state index in [1.54, 1.807) is 0 Å². The molecule has 1 unspecified atom stereocenters. The number of hydrogen-bond donors (Lipinski definition) is 1. The highest BCUT2D eigenvalue weighted by Gasteiger charge is 2.21. The molecule has 1 saturated heterocycles. The standard InChI is InChI=1S/C12H17N5OS/c1-3-14-10-6-11(16-12(15-10)19-2)17-4-5-18-9(7-13)8-17/h6,9H,3-5,8H2,1-2H3,(H,14,15,16). The Hall–Kier alpha value is -1.52. The lowest BCUT2D eigenvalue weighted by Crippen LogP contribution is -2.42. The van der Waals surface area contributed by atoms with Crippen LogP contribution in [0.15, 0.2) is 11.2 Å². The average molecular weight is 279 g/mol. The third-order valence-electron chi connectivity index (χ3n) is 2.77. The van der Waals surface area contributed by atoms with Crippen molar-refractivity contribution in [3.05, 3.63) is 6.07 Å². The highest BCUT2D eigenvalue weighted by molar-refractivity contribution is 7.98. The summed E-state index contributed by atoms with van der Waals surface area (Å²) in [6.07, 6.45) is 1.57. The van der Waals surface area contributed by atoms with Crippen LogP contribution in [-0.4, -0.2) is 48.6 Å². The highest BCUT2D eigenvalue weighted by atomic mass is 32.2. The van der Waals surface area contributed by atoms with E-state index in [1.807, 2.05) is 19.2 Å². The first kappa shape index (κ1) is 13.9. The van der Waals surface area contributed by atoms with Crippen LogP contribution in [0.3, 0.4) is 0 Å². The predicted molar refractivity (Wildman–Crippen MR) is 75.5 cm³/mol. The minimum Gasteiger partial charge on any atom is -0.370 e. The molecule has 1 aliphatic rings. The van der Waals surface area contributed by atoms with Crippen molar-refractivity contribution >= 4 is 23.4 Å². The Labute approximate surface area is 117 Å². The number of nitriles is 1. The number of hydrogen-bond acceptors (Lipinski definition) is 7. The van der Waals surface area contributed by atoms with Crippen LogP contribution >= 0.6 is 11.8 Å². The van der Waals surface area contributed by atoms with Crippen LogP contribution in [0.25, 0.3) is 0 Å². The van der Waals surface area contributed by atoms with Gasteiger partial charge in [-0.2, -0.15) is 5.26 Å². The molecule has 2 rings (SSSR count). The maximum Gasteiger partial charge on any atom is 0.191 e. The largest absolute Gasteiger partial charge is 0.370 e. The number of rotatable bonds is 4. The Balaban J connectivity index is 2.22. The molecule has 0 saturated carbocycles. The molecule has 0 bridgehead atoms. The molecule has 0 amide bonds. The molecule has 1 atom stereocenters. The van der Waals surface area contributed by atoms with E-state index in [1.165, 1.54) is 11.8 Å². The second-order valence-corrected chi connectivity index (χ2v) is 4.84. The number of morpholine rings is 1. The fourth-order valence-corrected chi connectivity index (χ4v) is 2.25.